The summed E-state index contributed by atoms with van der Waals surface area (Å²) < 4.78 is 15.5. The van der Waals surface area contributed by atoms with Crippen LogP contribution in [0.15, 0.2) is 267 Å². The molecule has 0 spiro atoms. The van der Waals surface area contributed by atoms with Gasteiger partial charge in [0, 0.05) is 38.8 Å². The third-order valence-electron chi connectivity index (χ3n) is 16.2. The first-order valence-corrected chi connectivity index (χ1v) is 28.8. The van der Waals surface area contributed by atoms with Gasteiger partial charge in [-0.15, -0.1) is 30.3 Å². The van der Waals surface area contributed by atoms with Gasteiger partial charge in [0.1, 0.15) is 5.82 Å². The van der Waals surface area contributed by atoms with Crippen LogP contribution in [0.2, 0.25) is 0 Å². The van der Waals surface area contributed by atoms with Gasteiger partial charge in [0.2, 0.25) is 5.78 Å². The SMILES string of the molecule is Cc1cccc2c1nc1n(-c3cc(C(C)(C)C)ccn3)c3[c-]c(Oc4[c-]c(-n5[c-][n+](-c6c(-c7cc(-c8ccccc8)cc(-c8ccccc8)c7)cccc6-c6cc(-c7ccccc7)cc(-c7ccccc7)c6)c6ccccc65)ccc4)ccc3n21.[Pt]. The molecule has 7 nitrogen and oxygen atoms in total. The number of aromatic nitrogens is 6. The van der Waals surface area contributed by atoms with Crippen molar-refractivity contribution < 1.29 is 30.4 Å². The standard InChI is InChI=1S/C78H56N6O.Pt/c1-52-22-19-37-72-75(52)80-77-83(72)71-39-38-66(50-73(71)84(77)74-48-63(40-41-79-74)78(2,3)4)85-65-32-20-31-64(49-65)81-51-82(70-36-18-17-35-69(70)81)76-67(61-44-57(53-23-9-5-10-24-53)42-58(45-61)54-25-11-6-12-26-54)33-21-34-68(76)62-46-59(55-27-13-7-14-28-55)43-60(47-62)56-29-15-8-16-30-56;/h5-48H,1-4H3;/q-2;. The Labute approximate surface area is 514 Å². The Bertz CT molecular complexity index is 4760. The molecule has 0 aliphatic carbocycles. The molecule has 0 aliphatic rings. The quantitative estimate of drug-likeness (QED) is 0.0958. The minimum absolute atomic E-state index is 0. The summed E-state index contributed by atoms with van der Waals surface area (Å²) in [4.78, 5) is 10.2. The monoisotopic (exact) mass is 1290 g/mol. The van der Waals surface area contributed by atoms with Gasteiger partial charge < -0.3 is 13.7 Å². The fraction of sp³-hybridized carbons (Fsp3) is 0.0641. The molecule has 0 bridgehead atoms. The average molecular weight is 1290 g/mol. The number of pyridine rings is 1. The second-order valence-electron chi connectivity index (χ2n) is 22.8. The summed E-state index contributed by atoms with van der Waals surface area (Å²) in [6.07, 6.45) is 5.82. The van der Waals surface area contributed by atoms with Crippen LogP contribution in [0, 0.1) is 25.4 Å². The first-order valence-electron chi connectivity index (χ1n) is 28.8. The minimum Gasteiger partial charge on any atom is -0.510 e. The van der Waals surface area contributed by atoms with E-state index >= 15 is 0 Å². The molecule has 4 aromatic heterocycles. The third-order valence-corrected chi connectivity index (χ3v) is 16.2. The van der Waals surface area contributed by atoms with E-state index in [2.05, 4.69) is 307 Å². The first-order chi connectivity index (χ1) is 41.7. The zero-order valence-electron chi connectivity index (χ0n) is 47.8. The fourth-order valence-electron chi connectivity index (χ4n) is 12.0. The Kier molecular flexibility index (Phi) is 13.8. The molecular formula is C78H56N6OPt-2. The van der Waals surface area contributed by atoms with E-state index in [1.54, 1.807) is 0 Å². The summed E-state index contributed by atoms with van der Waals surface area (Å²) in [7, 11) is 0. The number of hydrogen-bond acceptors (Lipinski definition) is 3. The summed E-state index contributed by atoms with van der Waals surface area (Å²) in [5.41, 5.74) is 22.9. The molecule has 86 heavy (non-hydrogen) atoms. The number of hydrogen-bond donors (Lipinski definition) is 0. The molecule has 15 rings (SSSR count). The summed E-state index contributed by atoms with van der Waals surface area (Å²) in [6, 6.07) is 99.9. The largest absolute Gasteiger partial charge is 0.510 e. The van der Waals surface area contributed by atoms with E-state index in [0.29, 0.717) is 11.5 Å². The van der Waals surface area contributed by atoms with Crippen molar-refractivity contribution in [3.05, 3.63) is 297 Å². The topological polar surface area (TPSA) is 53.2 Å². The van der Waals surface area contributed by atoms with Crippen LogP contribution in [0.5, 0.6) is 11.5 Å². The van der Waals surface area contributed by atoms with Gasteiger partial charge in [-0.2, -0.15) is 12.1 Å². The molecule has 15 aromatic rings. The Hall–Kier alpha value is -10.2. The Morgan fingerprint density at radius 1 is 0.453 bits per heavy atom. The molecule has 0 aliphatic heterocycles. The molecule has 0 N–H and O–H groups in total. The molecule has 0 saturated heterocycles. The number of rotatable bonds is 11. The zero-order valence-corrected chi connectivity index (χ0v) is 50.1. The molecule has 4 heterocycles. The zero-order chi connectivity index (χ0) is 57.2. The smallest absolute Gasteiger partial charge is 0.268 e. The predicted octanol–water partition coefficient (Wildman–Crippen LogP) is 18.8. The van der Waals surface area contributed by atoms with Crippen molar-refractivity contribution >= 4 is 38.9 Å². The maximum atomic E-state index is 6.84. The molecular weight excluding hydrogens is 1230 g/mol. The molecule has 0 saturated carbocycles. The van der Waals surface area contributed by atoms with E-state index in [1.807, 2.05) is 24.4 Å². The second kappa shape index (κ2) is 22.1. The van der Waals surface area contributed by atoms with Crippen LogP contribution >= 0.6 is 0 Å². The number of ether oxygens (including phenoxy) is 1. The van der Waals surface area contributed by atoms with Crippen molar-refractivity contribution in [2.75, 3.05) is 0 Å². The Balaban J connectivity index is 0.00000653. The third kappa shape index (κ3) is 9.80. The van der Waals surface area contributed by atoms with Crippen LogP contribution in [-0.4, -0.2) is 23.5 Å². The van der Waals surface area contributed by atoms with Crippen molar-refractivity contribution in [1.82, 2.24) is 23.5 Å². The van der Waals surface area contributed by atoms with E-state index in [0.717, 1.165) is 128 Å². The van der Waals surface area contributed by atoms with E-state index in [9.17, 15) is 0 Å². The molecule has 0 radical (unpaired) electrons. The first kappa shape index (κ1) is 53.8. The summed E-state index contributed by atoms with van der Waals surface area (Å²) >= 11 is 0. The van der Waals surface area contributed by atoms with Crippen molar-refractivity contribution in [1.29, 1.82) is 0 Å². The van der Waals surface area contributed by atoms with E-state index in [-0.39, 0.29) is 26.5 Å². The van der Waals surface area contributed by atoms with Crippen LogP contribution in [0.1, 0.15) is 31.9 Å². The van der Waals surface area contributed by atoms with Crippen molar-refractivity contribution in [2.24, 2.45) is 0 Å². The van der Waals surface area contributed by atoms with Crippen molar-refractivity contribution in [3.63, 3.8) is 0 Å². The van der Waals surface area contributed by atoms with Crippen LogP contribution in [0.4, 0.5) is 0 Å². The van der Waals surface area contributed by atoms with Crippen LogP contribution in [-0.2, 0) is 26.5 Å². The molecule has 416 valence electrons. The van der Waals surface area contributed by atoms with E-state index in [4.69, 9.17) is 14.7 Å². The van der Waals surface area contributed by atoms with Gasteiger partial charge in [-0.1, -0.05) is 197 Å². The van der Waals surface area contributed by atoms with Gasteiger partial charge in [0.05, 0.1) is 27.8 Å². The molecule has 0 atom stereocenters. The van der Waals surface area contributed by atoms with Crippen LogP contribution < -0.4 is 9.30 Å². The summed E-state index contributed by atoms with van der Waals surface area (Å²) in [5, 5.41) is 0. The van der Waals surface area contributed by atoms with Crippen LogP contribution in [0.3, 0.4) is 0 Å². The normalized spacial score (nSPS) is 11.6. The molecule has 0 unspecified atom stereocenters. The van der Waals surface area contributed by atoms with E-state index < -0.39 is 0 Å². The molecule has 11 aromatic carbocycles. The maximum absolute atomic E-state index is 6.84. The number of imidazole rings is 3. The predicted molar refractivity (Wildman–Crippen MR) is 345 cm³/mol. The van der Waals surface area contributed by atoms with E-state index in [1.165, 1.54) is 5.56 Å². The van der Waals surface area contributed by atoms with Crippen molar-refractivity contribution in [2.45, 2.75) is 33.1 Å². The van der Waals surface area contributed by atoms with Crippen molar-refractivity contribution in [3.8, 4) is 95.5 Å². The van der Waals surface area contributed by atoms with Gasteiger partial charge >= 0.3 is 0 Å². The number of fused-ring (bicyclic) bond motifs is 6. The van der Waals surface area contributed by atoms with Gasteiger partial charge in [0.25, 0.3) is 6.33 Å². The fourth-order valence-corrected chi connectivity index (χ4v) is 12.0. The average Bonchev–Trinajstić information content (AvgIpc) is 1.82. The second-order valence-corrected chi connectivity index (χ2v) is 22.8. The molecule has 0 amide bonds. The number of benzene rings is 11. The summed E-state index contributed by atoms with van der Waals surface area (Å²) in [5.74, 6) is 2.58. The Morgan fingerprint density at radius 2 is 0.965 bits per heavy atom. The maximum Gasteiger partial charge on any atom is 0.268 e. The number of nitrogens with zero attached hydrogens (tertiary/aromatic N) is 6. The Morgan fingerprint density at radius 3 is 1.55 bits per heavy atom. The molecule has 0 fully saturated rings. The summed E-state index contributed by atoms with van der Waals surface area (Å²) in [6.45, 7) is 8.76. The van der Waals surface area contributed by atoms with Gasteiger partial charge in [-0.3, -0.25) is 9.13 Å². The number of aryl methyl sites for hydroxylation is 1. The molecule has 8 heteroatoms. The number of para-hydroxylation sites is 4. The van der Waals surface area contributed by atoms with Gasteiger partial charge in [0.15, 0.2) is 0 Å². The van der Waals surface area contributed by atoms with Gasteiger partial charge in [-0.25, -0.2) is 9.97 Å². The van der Waals surface area contributed by atoms with Crippen LogP contribution in [0.25, 0.3) is 123 Å². The minimum atomic E-state index is -0.0952. The van der Waals surface area contributed by atoms with Gasteiger partial charge in [-0.05, 0) is 162 Å².